The Morgan fingerprint density at radius 2 is 2.00 bits per heavy atom. The van der Waals surface area contributed by atoms with Gasteiger partial charge in [0.1, 0.15) is 6.04 Å². The average molecular weight is 353 g/mol. The van der Waals surface area contributed by atoms with Crippen LogP contribution in [0.2, 0.25) is 0 Å². The van der Waals surface area contributed by atoms with Gasteiger partial charge in [-0.25, -0.2) is 4.98 Å². The van der Waals surface area contributed by atoms with Gasteiger partial charge in [-0.15, -0.1) is 0 Å². The number of aromatic nitrogens is 2. The standard InChI is InChI=1S/C19H20N4O3/c1-13(17-20-15-6-3-2-5-14(15)18(24)21-17)22-8-10-23(11-9-22)19(25)16-7-4-12-26-16/h2-7,12-13H,8-11H2,1H3,(H,20,21,24)/p+1/t13-/m0/s1. The molecule has 0 bridgehead atoms. The van der Waals surface area contributed by atoms with Crippen molar-refractivity contribution >= 4 is 16.8 Å². The highest BCUT2D eigenvalue weighted by Crippen LogP contribution is 2.10. The minimum Gasteiger partial charge on any atom is -0.459 e. The van der Waals surface area contributed by atoms with Gasteiger partial charge in [-0.2, -0.15) is 0 Å². The van der Waals surface area contributed by atoms with Crippen LogP contribution in [0, 0.1) is 0 Å². The van der Waals surface area contributed by atoms with E-state index in [2.05, 4.69) is 16.9 Å². The minimum atomic E-state index is -0.108. The maximum absolute atomic E-state index is 12.4. The third-order valence-corrected chi connectivity index (χ3v) is 5.08. The molecule has 7 nitrogen and oxygen atoms in total. The van der Waals surface area contributed by atoms with E-state index in [1.54, 1.807) is 18.2 Å². The molecule has 7 heteroatoms. The highest BCUT2D eigenvalue weighted by atomic mass is 16.3. The Kier molecular flexibility index (Phi) is 4.30. The topological polar surface area (TPSA) is 83.6 Å². The number of hydrogen-bond acceptors (Lipinski definition) is 4. The SMILES string of the molecule is C[C@@H](c1nc2ccccc2c(=O)[nH]1)[NH+]1CCN(C(=O)c2ccco2)CC1. The molecular weight excluding hydrogens is 332 g/mol. The second kappa shape index (κ2) is 6.76. The number of quaternary nitrogens is 1. The number of piperazine rings is 1. The number of furan rings is 1. The third kappa shape index (κ3) is 3.01. The summed E-state index contributed by atoms with van der Waals surface area (Å²) in [6.07, 6.45) is 1.51. The molecule has 0 unspecified atom stereocenters. The predicted molar refractivity (Wildman–Crippen MR) is 96.1 cm³/mol. The number of nitrogens with one attached hydrogen (secondary N) is 2. The first-order valence-electron chi connectivity index (χ1n) is 8.80. The van der Waals surface area contributed by atoms with E-state index in [-0.39, 0.29) is 17.5 Å². The number of hydrogen-bond donors (Lipinski definition) is 2. The molecule has 0 saturated carbocycles. The molecular formula is C19H21N4O3+. The van der Waals surface area contributed by atoms with E-state index in [0.29, 0.717) is 35.6 Å². The lowest BCUT2D eigenvalue weighted by atomic mass is 10.2. The Bertz CT molecular complexity index is 972. The molecule has 1 amide bonds. The van der Waals surface area contributed by atoms with Crippen molar-refractivity contribution in [1.82, 2.24) is 14.9 Å². The van der Waals surface area contributed by atoms with Crippen LogP contribution in [0.4, 0.5) is 0 Å². The molecule has 0 spiro atoms. The quantitative estimate of drug-likeness (QED) is 0.723. The summed E-state index contributed by atoms with van der Waals surface area (Å²) in [4.78, 5) is 35.3. The van der Waals surface area contributed by atoms with Gasteiger partial charge in [0, 0.05) is 0 Å². The first-order chi connectivity index (χ1) is 12.6. The predicted octanol–water partition coefficient (Wildman–Crippen LogP) is 0.618. The minimum absolute atomic E-state index is 0.0492. The van der Waals surface area contributed by atoms with Crippen LogP contribution in [0.15, 0.2) is 51.9 Å². The zero-order chi connectivity index (χ0) is 18.1. The summed E-state index contributed by atoms with van der Waals surface area (Å²) < 4.78 is 5.20. The average Bonchev–Trinajstić information content (AvgIpc) is 3.22. The summed E-state index contributed by atoms with van der Waals surface area (Å²) in [5.41, 5.74) is 0.604. The summed E-state index contributed by atoms with van der Waals surface area (Å²) in [7, 11) is 0. The van der Waals surface area contributed by atoms with Crippen LogP contribution in [-0.4, -0.2) is 47.0 Å². The zero-order valence-corrected chi connectivity index (χ0v) is 14.6. The molecule has 2 aromatic heterocycles. The highest BCUT2D eigenvalue weighted by molar-refractivity contribution is 5.91. The second-order valence-electron chi connectivity index (χ2n) is 6.62. The summed E-state index contributed by atoms with van der Waals surface area (Å²) in [6, 6.07) is 10.8. The lowest BCUT2D eigenvalue weighted by Gasteiger charge is -2.34. The number of carbonyl (C=O) groups excluding carboxylic acids is 1. The summed E-state index contributed by atoms with van der Waals surface area (Å²) >= 11 is 0. The molecule has 4 rings (SSSR count). The molecule has 1 aliphatic rings. The normalized spacial score (nSPS) is 16.7. The van der Waals surface area contributed by atoms with Crippen LogP contribution in [0.25, 0.3) is 10.9 Å². The van der Waals surface area contributed by atoms with Gasteiger partial charge in [-0.05, 0) is 31.2 Å². The van der Waals surface area contributed by atoms with E-state index >= 15 is 0 Å². The molecule has 1 atom stereocenters. The van der Waals surface area contributed by atoms with Crippen molar-refractivity contribution in [3.63, 3.8) is 0 Å². The molecule has 3 heterocycles. The molecule has 1 saturated heterocycles. The molecule has 0 aliphatic carbocycles. The molecule has 134 valence electrons. The number of para-hydroxylation sites is 1. The lowest BCUT2D eigenvalue weighted by Crippen LogP contribution is -3.14. The van der Waals surface area contributed by atoms with Gasteiger partial charge in [0.2, 0.25) is 0 Å². The largest absolute Gasteiger partial charge is 0.459 e. The molecule has 3 aromatic rings. The smallest absolute Gasteiger partial charge is 0.289 e. The number of carbonyl (C=O) groups is 1. The van der Waals surface area contributed by atoms with Crippen LogP contribution in [0.5, 0.6) is 0 Å². The van der Waals surface area contributed by atoms with Gasteiger partial charge in [-0.3, -0.25) is 9.59 Å². The first-order valence-corrected chi connectivity index (χ1v) is 8.80. The van der Waals surface area contributed by atoms with Crippen molar-refractivity contribution in [1.29, 1.82) is 0 Å². The van der Waals surface area contributed by atoms with Gasteiger partial charge in [-0.1, -0.05) is 12.1 Å². The number of aromatic amines is 1. The Morgan fingerprint density at radius 3 is 2.73 bits per heavy atom. The molecule has 0 radical (unpaired) electrons. The summed E-state index contributed by atoms with van der Waals surface area (Å²) in [5.74, 6) is 0.996. The van der Waals surface area contributed by atoms with Crippen LogP contribution >= 0.6 is 0 Å². The number of H-pyrrole nitrogens is 1. The van der Waals surface area contributed by atoms with Crippen molar-refractivity contribution in [3.8, 4) is 0 Å². The van der Waals surface area contributed by atoms with Gasteiger partial charge < -0.3 is 19.2 Å². The van der Waals surface area contributed by atoms with Crippen molar-refractivity contribution < 1.29 is 14.1 Å². The van der Waals surface area contributed by atoms with Crippen LogP contribution in [-0.2, 0) is 0 Å². The second-order valence-corrected chi connectivity index (χ2v) is 6.62. The van der Waals surface area contributed by atoms with Crippen molar-refractivity contribution in [2.75, 3.05) is 26.2 Å². The highest BCUT2D eigenvalue weighted by Gasteiger charge is 2.30. The van der Waals surface area contributed by atoms with Crippen LogP contribution < -0.4 is 10.5 Å². The Hall–Kier alpha value is -2.93. The van der Waals surface area contributed by atoms with E-state index in [9.17, 15) is 9.59 Å². The van der Waals surface area contributed by atoms with E-state index in [4.69, 9.17) is 4.42 Å². The summed E-state index contributed by atoms with van der Waals surface area (Å²) in [6.45, 7) is 4.95. The molecule has 1 fully saturated rings. The molecule has 2 N–H and O–H groups in total. The molecule has 1 aliphatic heterocycles. The first kappa shape index (κ1) is 16.5. The number of amides is 1. The number of nitrogens with zero attached hydrogens (tertiary/aromatic N) is 2. The fraction of sp³-hybridized carbons (Fsp3) is 0.316. The summed E-state index contributed by atoms with van der Waals surface area (Å²) in [5, 5.41) is 0.604. The zero-order valence-electron chi connectivity index (χ0n) is 14.6. The fourth-order valence-electron chi connectivity index (χ4n) is 3.49. The number of benzene rings is 1. The van der Waals surface area contributed by atoms with Crippen molar-refractivity contribution in [3.05, 3.63) is 64.6 Å². The number of fused-ring (bicyclic) bond motifs is 1. The Morgan fingerprint density at radius 1 is 1.23 bits per heavy atom. The van der Waals surface area contributed by atoms with Crippen molar-refractivity contribution in [2.45, 2.75) is 13.0 Å². The fourth-order valence-corrected chi connectivity index (χ4v) is 3.49. The van der Waals surface area contributed by atoms with E-state index in [1.807, 2.05) is 23.1 Å². The van der Waals surface area contributed by atoms with E-state index in [0.717, 1.165) is 13.1 Å². The Labute approximate surface area is 150 Å². The molecule has 1 aromatic carbocycles. The van der Waals surface area contributed by atoms with Gasteiger partial charge in [0.05, 0.1) is 43.3 Å². The van der Waals surface area contributed by atoms with Crippen LogP contribution in [0.1, 0.15) is 29.3 Å². The van der Waals surface area contributed by atoms with E-state index < -0.39 is 0 Å². The monoisotopic (exact) mass is 353 g/mol. The maximum Gasteiger partial charge on any atom is 0.289 e. The maximum atomic E-state index is 12.4. The van der Waals surface area contributed by atoms with Crippen LogP contribution in [0.3, 0.4) is 0 Å². The van der Waals surface area contributed by atoms with Gasteiger partial charge >= 0.3 is 0 Å². The molecule has 26 heavy (non-hydrogen) atoms. The lowest BCUT2D eigenvalue weighted by molar-refractivity contribution is -0.934. The van der Waals surface area contributed by atoms with Crippen molar-refractivity contribution in [2.24, 2.45) is 0 Å². The van der Waals surface area contributed by atoms with Gasteiger partial charge in [0.25, 0.3) is 11.5 Å². The Balaban J connectivity index is 1.48. The van der Waals surface area contributed by atoms with Gasteiger partial charge in [0.15, 0.2) is 11.6 Å². The third-order valence-electron chi connectivity index (χ3n) is 5.08. The number of rotatable bonds is 3. The van der Waals surface area contributed by atoms with E-state index in [1.165, 1.54) is 11.2 Å².